The van der Waals surface area contributed by atoms with Crippen molar-refractivity contribution in [1.29, 1.82) is 0 Å². The van der Waals surface area contributed by atoms with Crippen molar-refractivity contribution in [2.75, 3.05) is 31.1 Å². The van der Waals surface area contributed by atoms with Crippen molar-refractivity contribution in [3.63, 3.8) is 0 Å². The first kappa shape index (κ1) is 18.3. The van der Waals surface area contributed by atoms with E-state index in [1.54, 1.807) is 0 Å². The van der Waals surface area contributed by atoms with Crippen LogP contribution in [0.2, 0.25) is 0 Å². The Hall–Kier alpha value is -2.50. The highest BCUT2D eigenvalue weighted by Crippen LogP contribution is 2.52. The molecule has 2 aromatic rings. The predicted octanol–water partition coefficient (Wildman–Crippen LogP) is 2.87. The lowest BCUT2D eigenvalue weighted by atomic mass is 9.61. The van der Waals surface area contributed by atoms with Gasteiger partial charge in [0.25, 0.3) is 0 Å². The molecule has 4 saturated heterocycles. The SMILES string of the molecule is CC12CN3CC(C)(CN(C1)C3[C@@H]1C(=O)N(Cc3ccccc3)c3ccccc31)C2=O. The zero-order valence-corrected chi connectivity index (χ0v) is 17.5. The number of carbonyl (C=O) groups is 2. The first-order valence-corrected chi connectivity index (χ1v) is 10.9. The maximum absolute atomic E-state index is 13.8. The summed E-state index contributed by atoms with van der Waals surface area (Å²) in [6.07, 6.45) is 0.0358. The molecule has 0 unspecified atom stereocenters. The molecule has 30 heavy (non-hydrogen) atoms. The molecule has 5 aliphatic rings. The maximum Gasteiger partial charge on any atom is 0.237 e. The van der Waals surface area contributed by atoms with Gasteiger partial charge in [0.05, 0.1) is 29.5 Å². The lowest BCUT2D eigenvalue weighted by Gasteiger charge is -2.65. The van der Waals surface area contributed by atoms with Crippen LogP contribution in [0, 0.1) is 10.8 Å². The van der Waals surface area contributed by atoms with Crippen molar-refractivity contribution in [2.24, 2.45) is 10.8 Å². The zero-order chi connectivity index (χ0) is 20.7. The van der Waals surface area contributed by atoms with E-state index >= 15 is 0 Å². The minimum atomic E-state index is -0.313. The minimum absolute atomic E-state index is 0.0358. The van der Waals surface area contributed by atoms with Gasteiger partial charge in [-0.2, -0.15) is 0 Å². The van der Waals surface area contributed by atoms with E-state index in [2.05, 4.69) is 47.9 Å². The molecule has 2 aromatic carbocycles. The molecule has 5 heterocycles. The first-order valence-electron chi connectivity index (χ1n) is 10.9. The molecule has 5 nitrogen and oxygen atoms in total. The van der Waals surface area contributed by atoms with Gasteiger partial charge in [-0.1, -0.05) is 62.4 Å². The zero-order valence-electron chi connectivity index (χ0n) is 17.5. The fourth-order valence-electron chi connectivity index (χ4n) is 6.68. The highest BCUT2D eigenvalue weighted by molar-refractivity contribution is 6.05. The van der Waals surface area contributed by atoms with E-state index in [-0.39, 0.29) is 28.8 Å². The van der Waals surface area contributed by atoms with E-state index in [9.17, 15) is 9.59 Å². The number of fused-ring (bicyclic) bond motifs is 1. The van der Waals surface area contributed by atoms with Gasteiger partial charge in [-0.15, -0.1) is 0 Å². The molecule has 154 valence electrons. The number of ketones is 1. The Kier molecular flexibility index (Phi) is 3.67. The van der Waals surface area contributed by atoms with E-state index in [0.717, 1.165) is 43.0 Å². The maximum atomic E-state index is 13.8. The normalized spacial score (nSPS) is 38.9. The van der Waals surface area contributed by atoms with Crippen molar-refractivity contribution in [3.05, 3.63) is 65.7 Å². The molecular weight excluding hydrogens is 374 g/mol. The number of piperidine rings is 2. The molecule has 5 aliphatic heterocycles. The summed E-state index contributed by atoms with van der Waals surface area (Å²) in [7, 11) is 0. The predicted molar refractivity (Wildman–Crippen MR) is 115 cm³/mol. The number of para-hydroxylation sites is 1. The van der Waals surface area contributed by atoms with E-state index in [1.807, 2.05) is 35.2 Å². The van der Waals surface area contributed by atoms with Gasteiger partial charge in [-0.25, -0.2) is 0 Å². The fraction of sp³-hybridized carbons (Fsp3) is 0.440. The Morgan fingerprint density at radius 1 is 0.833 bits per heavy atom. The van der Waals surface area contributed by atoms with E-state index < -0.39 is 0 Å². The minimum Gasteiger partial charge on any atom is -0.307 e. The summed E-state index contributed by atoms with van der Waals surface area (Å²) < 4.78 is 0. The van der Waals surface area contributed by atoms with Crippen LogP contribution in [-0.2, 0) is 16.1 Å². The molecule has 7 rings (SSSR count). The fourth-order valence-corrected chi connectivity index (χ4v) is 6.68. The number of hydrogen-bond donors (Lipinski definition) is 0. The Morgan fingerprint density at radius 2 is 1.40 bits per heavy atom. The second kappa shape index (κ2) is 6.02. The number of nitrogens with zero attached hydrogens (tertiary/aromatic N) is 3. The molecule has 0 aromatic heterocycles. The molecule has 0 radical (unpaired) electrons. The molecular formula is C25H27N3O2. The number of amides is 1. The molecule has 5 heteroatoms. The van der Waals surface area contributed by atoms with Crippen LogP contribution in [0.1, 0.15) is 30.9 Å². The van der Waals surface area contributed by atoms with Gasteiger partial charge in [-0.3, -0.25) is 19.4 Å². The number of anilines is 1. The van der Waals surface area contributed by atoms with Gasteiger partial charge in [-0.05, 0) is 17.2 Å². The monoisotopic (exact) mass is 401 g/mol. The molecule has 4 bridgehead atoms. The van der Waals surface area contributed by atoms with Gasteiger partial charge in [0.15, 0.2) is 0 Å². The highest BCUT2D eigenvalue weighted by atomic mass is 16.2. The average molecular weight is 402 g/mol. The summed E-state index contributed by atoms with van der Waals surface area (Å²) in [5, 5.41) is 0. The Balaban J connectivity index is 1.38. The molecule has 0 aliphatic carbocycles. The molecule has 0 saturated carbocycles. The summed E-state index contributed by atoms with van der Waals surface area (Å²) in [5.41, 5.74) is 2.66. The van der Waals surface area contributed by atoms with Crippen LogP contribution < -0.4 is 4.90 Å². The molecule has 1 amide bonds. The smallest absolute Gasteiger partial charge is 0.237 e. The van der Waals surface area contributed by atoms with Crippen LogP contribution in [0.15, 0.2) is 54.6 Å². The van der Waals surface area contributed by atoms with Gasteiger partial charge in [0.1, 0.15) is 5.78 Å². The van der Waals surface area contributed by atoms with E-state index in [4.69, 9.17) is 0 Å². The number of hydrogen-bond acceptors (Lipinski definition) is 4. The van der Waals surface area contributed by atoms with Crippen molar-refractivity contribution < 1.29 is 9.59 Å². The van der Waals surface area contributed by atoms with E-state index in [0.29, 0.717) is 12.3 Å². The standard InChI is InChI=1S/C25H27N3O2/c1-24-13-26-15-25(2,23(24)30)16-27(14-24)21(26)20-18-10-6-7-11-19(18)28(22(20)29)12-17-8-4-3-5-9-17/h3-11,20-21H,12-16H2,1-2H3/t20-,21?,24?,25?/m1/s1. The Bertz CT molecular complexity index is 1010. The van der Waals surface area contributed by atoms with Crippen LogP contribution in [0.25, 0.3) is 0 Å². The van der Waals surface area contributed by atoms with Crippen molar-refractivity contribution in [1.82, 2.24) is 9.80 Å². The third kappa shape index (κ3) is 2.36. The third-order valence-electron chi connectivity index (χ3n) is 7.63. The average Bonchev–Trinajstić information content (AvgIpc) is 2.98. The van der Waals surface area contributed by atoms with Crippen molar-refractivity contribution in [2.45, 2.75) is 32.5 Å². The number of rotatable bonds is 3. The number of benzene rings is 2. The van der Waals surface area contributed by atoms with Crippen LogP contribution in [-0.4, -0.2) is 53.8 Å². The Morgan fingerprint density at radius 3 is 2.03 bits per heavy atom. The third-order valence-corrected chi connectivity index (χ3v) is 7.63. The van der Waals surface area contributed by atoms with Crippen LogP contribution >= 0.6 is 0 Å². The van der Waals surface area contributed by atoms with E-state index in [1.165, 1.54) is 0 Å². The molecule has 0 N–H and O–H groups in total. The lowest BCUT2D eigenvalue weighted by Crippen LogP contribution is -2.79. The summed E-state index contributed by atoms with van der Waals surface area (Å²) in [6, 6.07) is 18.4. The van der Waals surface area contributed by atoms with Crippen LogP contribution in [0.4, 0.5) is 5.69 Å². The summed E-state index contributed by atoms with van der Waals surface area (Å²) >= 11 is 0. The second-order valence-electron chi connectivity index (χ2n) is 10.1. The molecule has 4 fully saturated rings. The second-order valence-corrected chi connectivity index (χ2v) is 10.1. The molecule has 1 atom stereocenters. The topological polar surface area (TPSA) is 43.9 Å². The first-order chi connectivity index (χ1) is 14.4. The highest BCUT2D eigenvalue weighted by Gasteiger charge is 2.64. The largest absolute Gasteiger partial charge is 0.307 e. The van der Waals surface area contributed by atoms with Gasteiger partial charge in [0.2, 0.25) is 5.91 Å². The molecule has 0 spiro atoms. The van der Waals surface area contributed by atoms with Gasteiger partial charge >= 0.3 is 0 Å². The van der Waals surface area contributed by atoms with Crippen LogP contribution in [0.3, 0.4) is 0 Å². The lowest BCUT2D eigenvalue weighted by molar-refractivity contribution is -0.198. The number of carbonyl (C=O) groups excluding carboxylic acids is 2. The van der Waals surface area contributed by atoms with Crippen LogP contribution in [0.5, 0.6) is 0 Å². The van der Waals surface area contributed by atoms with Crippen molar-refractivity contribution >= 4 is 17.4 Å². The van der Waals surface area contributed by atoms with Gasteiger partial charge in [0, 0.05) is 31.9 Å². The summed E-state index contributed by atoms with van der Waals surface area (Å²) in [4.78, 5) is 33.6. The van der Waals surface area contributed by atoms with Gasteiger partial charge < -0.3 is 4.90 Å². The number of Topliss-reactive ketones (excluding diaryl/α,β-unsaturated/α-hetero) is 1. The summed E-state index contributed by atoms with van der Waals surface area (Å²) in [6.45, 7) is 7.83. The Labute approximate surface area is 177 Å². The summed E-state index contributed by atoms with van der Waals surface area (Å²) in [5.74, 6) is 0.385. The van der Waals surface area contributed by atoms with Crippen molar-refractivity contribution in [3.8, 4) is 0 Å². The quantitative estimate of drug-likeness (QED) is 0.793.